The lowest BCUT2D eigenvalue weighted by Gasteiger charge is -2.18. The summed E-state index contributed by atoms with van der Waals surface area (Å²) in [4.78, 5) is 16.4. The lowest BCUT2D eigenvalue weighted by molar-refractivity contribution is 0.0259. The molecule has 5 aromatic heterocycles. The molecule has 0 fully saturated rings. The predicted octanol–water partition coefficient (Wildman–Crippen LogP) is 19.6. The third kappa shape index (κ3) is 24.1. The summed E-state index contributed by atoms with van der Waals surface area (Å²) in [6.07, 6.45) is 26.1. The van der Waals surface area contributed by atoms with Gasteiger partial charge in [-0.15, -0.1) is 0 Å². The first kappa shape index (κ1) is 91.9. The van der Waals surface area contributed by atoms with Crippen LogP contribution in [0.4, 0.5) is 0 Å². The number of aliphatic hydroxyl groups excluding tert-OH is 4. The zero-order chi connectivity index (χ0) is 87.0. The number of aryl methyl sites for hydroxylation is 5. The summed E-state index contributed by atoms with van der Waals surface area (Å²) in [5, 5.41) is 79.4. The van der Waals surface area contributed by atoms with E-state index in [9.17, 15) is 35.4 Å². The molecule has 123 heavy (non-hydrogen) atoms. The number of aliphatic hydroxyl groups is 4. The number of hydrogen-bond donors (Lipinski definition) is 8. The number of ether oxygens (including phenoxy) is 5. The number of benzene rings is 9. The van der Waals surface area contributed by atoms with Crippen molar-refractivity contribution in [3.8, 4) is 40.2 Å². The molecule has 0 bridgehead atoms. The van der Waals surface area contributed by atoms with Gasteiger partial charge in [0.25, 0.3) is 0 Å². The second kappa shape index (κ2) is 47.0. The largest absolute Gasteiger partial charge is 0.507 e. The van der Waals surface area contributed by atoms with Crippen LogP contribution in [0.15, 0.2) is 231 Å². The van der Waals surface area contributed by atoms with Crippen molar-refractivity contribution in [2.24, 2.45) is 0 Å². The molecule has 0 saturated carbocycles. The van der Waals surface area contributed by atoms with Gasteiger partial charge in [0.05, 0.1) is 89.1 Å². The van der Waals surface area contributed by atoms with Gasteiger partial charge in [0.15, 0.2) is 0 Å². The molecule has 8 N–H and O–H groups in total. The van der Waals surface area contributed by atoms with Crippen LogP contribution < -0.4 is 24.3 Å². The molecule has 1 unspecified atom stereocenters. The summed E-state index contributed by atoms with van der Waals surface area (Å²) >= 11 is 0. The predicted molar refractivity (Wildman–Crippen MR) is 494 cm³/mol. The van der Waals surface area contributed by atoms with E-state index in [1.54, 1.807) is 65.0 Å². The van der Waals surface area contributed by atoms with Crippen LogP contribution >= 0.6 is 0 Å². The number of nitrogens with one attached hydrogen (secondary N) is 1. The molecule has 0 spiro atoms. The van der Waals surface area contributed by atoms with E-state index >= 15 is 0 Å². The zero-order valence-electron chi connectivity index (χ0n) is 72.8. The molecule has 648 valence electrons. The number of nitrogens with zero attached hydrogens (tertiary/aromatic N) is 5. The average Bonchev–Trinajstić information content (AvgIpc) is 1.64. The maximum Gasteiger partial charge on any atom is 0.338 e. The molecule has 19 nitrogen and oxygen atoms in total. The number of methoxy groups -OCH3 is 4. The molecule has 14 rings (SSSR count). The molecular weight excluding hydrogens is 1540 g/mol. The van der Waals surface area contributed by atoms with Crippen LogP contribution in [0.3, 0.4) is 0 Å². The van der Waals surface area contributed by atoms with Gasteiger partial charge in [-0.1, -0.05) is 187 Å². The number of unbranched alkanes of at least 4 members (excludes halogenated alkanes) is 4. The molecule has 0 aliphatic heterocycles. The van der Waals surface area contributed by atoms with Crippen molar-refractivity contribution in [1.29, 1.82) is 0 Å². The number of rotatable bonds is 40. The number of pyridine rings is 1. The van der Waals surface area contributed by atoms with Crippen LogP contribution in [0.25, 0.3) is 43.6 Å². The first-order valence-electron chi connectivity index (χ1n) is 43.5. The summed E-state index contributed by atoms with van der Waals surface area (Å²) in [6, 6.07) is 63.4. The SMILES string of the molecule is CCCCc1ccc(O)c(Cn2cc(CCCO)c3ccccc32)c1O.CCCCc1ccc(OC)c(Cn2cc(CC(O)COC(=O)c3ccccc3)c3ccccc32)c1OC.CCCCc1ccc(OC)c(Cn2cc(C[C@H](O)CNCc3cccnc3)c3ccccc32)c1OC.CCCCc1cccc(Cn2cc(CCO)c3ccccc32)c1O. The van der Waals surface area contributed by atoms with Gasteiger partial charge >= 0.3 is 5.97 Å². The van der Waals surface area contributed by atoms with E-state index in [0.29, 0.717) is 75.4 Å². The fraction of sp³-hybridized carbons (Fsp3) is 0.346. The third-order valence-corrected chi connectivity index (χ3v) is 22.7. The minimum Gasteiger partial charge on any atom is -0.507 e. The van der Waals surface area contributed by atoms with E-state index < -0.39 is 18.2 Å². The molecule has 14 aromatic rings. The van der Waals surface area contributed by atoms with Crippen LogP contribution in [0.1, 0.15) is 168 Å². The van der Waals surface area contributed by atoms with Gasteiger partial charge in [-0.3, -0.25) is 4.98 Å². The minimum atomic E-state index is -0.826. The second-order valence-electron chi connectivity index (χ2n) is 31.5. The number of aromatic hydroxyl groups is 3. The van der Waals surface area contributed by atoms with Crippen LogP contribution in [-0.2, 0) is 88.8 Å². The smallest absolute Gasteiger partial charge is 0.338 e. The molecule has 0 aliphatic rings. The van der Waals surface area contributed by atoms with E-state index in [1.807, 2.05) is 103 Å². The molecule has 19 heteroatoms. The third-order valence-electron chi connectivity index (χ3n) is 22.7. The maximum atomic E-state index is 12.3. The van der Waals surface area contributed by atoms with Gasteiger partial charge in [-0.05, 0) is 181 Å². The molecule has 0 radical (unpaired) electrons. The van der Waals surface area contributed by atoms with Crippen molar-refractivity contribution in [3.05, 3.63) is 309 Å². The molecule has 0 aliphatic carbocycles. The standard InChI is InChI=1S/C31H35NO5.C30H37N3O3.C22H27NO3.C21H25NO2/c1-4-5-11-22-16-17-29(35-2)27(30(22)36-3)20-32-19-24(26-14-9-10-15-28(26)32)18-25(33)21-37-31(34)23-12-7-6-8-13-23;1-4-5-10-23-13-14-29(35-2)27(30(23)36-3)21-33-20-24(26-11-6-7-12-28(26)33)16-25(34)19-32-18-22-9-8-15-31-17-22;1-2-3-7-16-11-12-21(25)19(22(16)26)15-23-14-17(8-6-13-24)18-9-4-5-10-20(18)23;1-2-3-7-16-8-6-9-18(21(16)24)15-22-14-17(12-13-23)19-10-4-5-11-20(19)22/h6-10,12-17,19,25,33H,4-5,11,18,20-21H2,1-3H3;6-9,11-15,17,20,25,32,34H,4-5,10,16,18-19,21H2,1-3H3;4-5,9-12,14,24-26H,2-3,6-8,13,15H2,1H3;4-6,8-11,14,23-24H,2-3,7,12-13,15H2,1H3/t;25-;;/m.0../s1. The Bertz CT molecular complexity index is 5650. The Hall–Kier alpha value is -11.8. The van der Waals surface area contributed by atoms with Crippen molar-refractivity contribution in [1.82, 2.24) is 28.6 Å². The number of aromatic nitrogens is 5. The van der Waals surface area contributed by atoms with E-state index in [1.165, 1.54) is 22.1 Å². The fourth-order valence-electron chi connectivity index (χ4n) is 16.4. The fourth-order valence-corrected chi connectivity index (χ4v) is 16.4. The van der Waals surface area contributed by atoms with Gasteiger partial charge in [0.1, 0.15) is 46.9 Å². The van der Waals surface area contributed by atoms with E-state index in [0.717, 1.165) is 201 Å². The minimum absolute atomic E-state index is 0.0750. The number of carbonyl (C=O) groups excluding carboxylic acids is 1. The Morgan fingerprint density at radius 3 is 1.31 bits per heavy atom. The number of phenols is 3. The number of para-hydroxylation sites is 5. The second-order valence-corrected chi connectivity index (χ2v) is 31.5. The first-order chi connectivity index (χ1) is 60.1. The normalized spacial score (nSPS) is 11.7. The lowest BCUT2D eigenvalue weighted by Crippen LogP contribution is -2.28. The van der Waals surface area contributed by atoms with Crippen LogP contribution in [-0.4, -0.2) is 132 Å². The van der Waals surface area contributed by atoms with Crippen LogP contribution in [0.5, 0.6) is 40.2 Å². The molecular formula is C104H124N6O13. The van der Waals surface area contributed by atoms with Crippen LogP contribution in [0.2, 0.25) is 0 Å². The molecule has 0 amide bonds. The molecule has 9 aromatic carbocycles. The Kier molecular flexibility index (Phi) is 35.1. The zero-order valence-corrected chi connectivity index (χ0v) is 72.8. The van der Waals surface area contributed by atoms with Crippen molar-refractivity contribution in [2.75, 3.05) is 54.8 Å². The van der Waals surface area contributed by atoms with Gasteiger partial charge in [-0.25, -0.2) is 4.79 Å². The molecule has 0 saturated heterocycles. The number of fused-ring (bicyclic) bond motifs is 4. The summed E-state index contributed by atoms with van der Waals surface area (Å²) in [6.45, 7) is 12.3. The Labute approximate surface area is 724 Å². The lowest BCUT2D eigenvalue weighted by atomic mass is 10.0. The summed E-state index contributed by atoms with van der Waals surface area (Å²) in [7, 11) is 6.83. The van der Waals surface area contributed by atoms with Crippen LogP contribution in [0, 0.1) is 0 Å². The highest BCUT2D eigenvalue weighted by atomic mass is 16.5. The highest BCUT2D eigenvalue weighted by Gasteiger charge is 2.24. The van der Waals surface area contributed by atoms with E-state index in [4.69, 9.17) is 28.8 Å². The topological polar surface area (TPSA) is 249 Å². The quantitative estimate of drug-likeness (QED) is 0.0166. The summed E-state index contributed by atoms with van der Waals surface area (Å²) in [5.74, 6) is 3.68. The van der Waals surface area contributed by atoms with Crippen molar-refractivity contribution in [2.45, 2.75) is 182 Å². The Morgan fingerprint density at radius 2 is 0.829 bits per heavy atom. The Morgan fingerprint density at radius 1 is 0.398 bits per heavy atom. The maximum absolute atomic E-state index is 12.3. The van der Waals surface area contributed by atoms with Crippen molar-refractivity contribution >= 4 is 49.6 Å². The highest BCUT2D eigenvalue weighted by Crippen LogP contribution is 2.40. The molecule has 2 atom stereocenters. The van der Waals surface area contributed by atoms with Gasteiger partial charge < -0.3 is 83.0 Å². The number of carbonyl (C=O) groups is 1. The Balaban J connectivity index is 0.000000162. The van der Waals surface area contributed by atoms with Gasteiger partial charge in [0, 0.05) is 126 Å². The molecule has 5 heterocycles. The first-order valence-corrected chi connectivity index (χ1v) is 43.5. The van der Waals surface area contributed by atoms with Crippen molar-refractivity contribution in [3.63, 3.8) is 0 Å². The van der Waals surface area contributed by atoms with E-state index in [-0.39, 0.29) is 31.3 Å². The summed E-state index contributed by atoms with van der Waals surface area (Å²) < 4.78 is 37.2. The summed E-state index contributed by atoms with van der Waals surface area (Å²) in [5.41, 5.74) is 18.2. The van der Waals surface area contributed by atoms with Gasteiger partial charge in [0.2, 0.25) is 0 Å². The average molecular weight is 1670 g/mol. The monoisotopic (exact) mass is 1660 g/mol. The number of phenolic OH excluding ortho intramolecular Hbond substituents is 3. The number of hydrogen-bond acceptors (Lipinski definition) is 15. The van der Waals surface area contributed by atoms with Gasteiger partial charge in [-0.2, -0.15) is 0 Å². The highest BCUT2D eigenvalue weighted by molar-refractivity contribution is 5.90. The van der Waals surface area contributed by atoms with Crippen molar-refractivity contribution < 1.29 is 64.2 Å². The van der Waals surface area contributed by atoms with E-state index in [2.05, 4.69) is 148 Å². The number of esters is 1.